The van der Waals surface area contributed by atoms with Crippen LogP contribution < -0.4 is 0 Å². The van der Waals surface area contributed by atoms with Gasteiger partial charge >= 0.3 is 5.97 Å². The molecule has 0 atom stereocenters. The fraction of sp³-hybridized carbons (Fsp3) is 0.357. The predicted molar refractivity (Wildman–Crippen MR) is 78.8 cm³/mol. The van der Waals surface area contributed by atoms with Crippen molar-refractivity contribution in [1.29, 1.82) is 0 Å². The number of ether oxygens (including phenoxy) is 1. The Bertz CT molecular complexity index is 449. The lowest BCUT2D eigenvalue weighted by molar-refractivity contribution is -0.150. The zero-order valence-corrected chi connectivity index (χ0v) is 13.0. The second kappa shape index (κ2) is 6.39. The summed E-state index contributed by atoms with van der Waals surface area (Å²) < 4.78 is 5.88. The van der Waals surface area contributed by atoms with E-state index in [1.54, 1.807) is 6.92 Å². The minimum absolute atomic E-state index is 0.240. The molecule has 0 amide bonds. The largest absolute Gasteiger partial charge is 0.465 e. The van der Waals surface area contributed by atoms with Gasteiger partial charge in [0.15, 0.2) is 0 Å². The van der Waals surface area contributed by atoms with Crippen molar-refractivity contribution >= 4 is 38.0 Å². The Labute approximate surface area is 121 Å². The molecule has 98 valence electrons. The molecular weight excluding hydrogens is 316 g/mol. The topological polar surface area (TPSA) is 26.3 Å². The molecule has 0 aromatic heterocycles. The molecule has 1 aromatic carbocycles. The van der Waals surface area contributed by atoms with Crippen LogP contribution in [-0.2, 0) is 9.53 Å². The van der Waals surface area contributed by atoms with E-state index in [-0.39, 0.29) is 5.97 Å². The lowest BCUT2D eigenvalue weighted by Gasteiger charge is -2.18. The predicted octanol–water partition coefficient (Wildman–Crippen LogP) is 4.67. The number of rotatable bonds is 4. The van der Waals surface area contributed by atoms with Crippen LogP contribution in [0, 0.1) is 5.41 Å². The van der Waals surface area contributed by atoms with Gasteiger partial charge < -0.3 is 4.74 Å². The standard InChI is InChI=1S/C14H16BrClO2/c1-4-18-13(17)14(2,3)9-12(15)10-5-7-11(16)8-6-10/h5-9H,4H2,1-3H3/b12-9+. The first-order valence-electron chi connectivity index (χ1n) is 5.68. The van der Waals surface area contributed by atoms with Crippen molar-refractivity contribution in [3.05, 3.63) is 40.9 Å². The van der Waals surface area contributed by atoms with Crippen molar-refractivity contribution in [3.8, 4) is 0 Å². The van der Waals surface area contributed by atoms with E-state index in [4.69, 9.17) is 16.3 Å². The molecule has 0 aliphatic carbocycles. The monoisotopic (exact) mass is 330 g/mol. The van der Waals surface area contributed by atoms with Crippen molar-refractivity contribution in [3.63, 3.8) is 0 Å². The summed E-state index contributed by atoms with van der Waals surface area (Å²) in [6, 6.07) is 7.40. The van der Waals surface area contributed by atoms with E-state index < -0.39 is 5.41 Å². The number of benzene rings is 1. The van der Waals surface area contributed by atoms with E-state index in [1.807, 2.05) is 44.2 Å². The van der Waals surface area contributed by atoms with Crippen molar-refractivity contribution in [2.45, 2.75) is 20.8 Å². The van der Waals surface area contributed by atoms with Gasteiger partial charge in [-0.2, -0.15) is 0 Å². The number of hydrogen-bond acceptors (Lipinski definition) is 2. The Hall–Kier alpha value is -0.800. The highest BCUT2D eigenvalue weighted by molar-refractivity contribution is 9.15. The Morgan fingerprint density at radius 2 is 1.94 bits per heavy atom. The Morgan fingerprint density at radius 1 is 1.39 bits per heavy atom. The van der Waals surface area contributed by atoms with Gasteiger partial charge in [0.1, 0.15) is 0 Å². The third kappa shape index (κ3) is 4.14. The summed E-state index contributed by atoms with van der Waals surface area (Å²) in [6.07, 6.45) is 1.84. The summed E-state index contributed by atoms with van der Waals surface area (Å²) in [4.78, 5) is 11.8. The van der Waals surface area contributed by atoms with E-state index >= 15 is 0 Å². The Balaban J connectivity index is 2.94. The first kappa shape index (κ1) is 15.3. The van der Waals surface area contributed by atoms with Gasteiger partial charge in [-0.25, -0.2) is 0 Å². The minimum Gasteiger partial charge on any atom is -0.465 e. The molecule has 0 saturated heterocycles. The molecule has 0 bridgehead atoms. The molecule has 0 radical (unpaired) electrons. The molecule has 0 unspecified atom stereocenters. The molecule has 0 saturated carbocycles. The number of carbonyl (C=O) groups excluding carboxylic acids is 1. The van der Waals surface area contributed by atoms with Gasteiger partial charge in [-0.3, -0.25) is 4.79 Å². The zero-order valence-electron chi connectivity index (χ0n) is 10.7. The maximum absolute atomic E-state index is 11.8. The van der Waals surface area contributed by atoms with Crippen LogP contribution in [0.2, 0.25) is 5.02 Å². The van der Waals surface area contributed by atoms with E-state index in [9.17, 15) is 4.79 Å². The van der Waals surface area contributed by atoms with Gasteiger partial charge in [0.05, 0.1) is 12.0 Å². The molecular formula is C14H16BrClO2. The molecule has 1 rings (SSSR count). The average molecular weight is 332 g/mol. The molecule has 0 aliphatic rings. The smallest absolute Gasteiger partial charge is 0.315 e. The van der Waals surface area contributed by atoms with Gasteiger partial charge in [0, 0.05) is 9.51 Å². The summed E-state index contributed by atoms with van der Waals surface area (Å²) in [5, 5.41) is 0.684. The molecule has 4 heteroatoms. The minimum atomic E-state index is -0.672. The van der Waals surface area contributed by atoms with Crippen LogP contribution in [0.5, 0.6) is 0 Å². The average Bonchev–Trinajstić information content (AvgIpc) is 2.29. The van der Waals surface area contributed by atoms with E-state index in [2.05, 4.69) is 15.9 Å². The van der Waals surface area contributed by atoms with Crippen LogP contribution in [-0.4, -0.2) is 12.6 Å². The molecule has 2 nitrogen and oxygen atoms in total. The van der Waals surface area contributed by atoms with Crippen LogP contribution in [0.15, 0.2) is 30.3 Å². The highest BCUT2D eigenvalue weighted by atomic mass is 79.9. The Morgan fingerprint density at radius 3 is 2.44 bits per heavy atom. The van der Waals surface area contributed by atoms with Crippen molar-refractivity contribution in [1.82, 2.24) is 0 Å². The van der Waals surface area contributed by atoms with Gasteiger partial charge in [-0.1, -0.05) is 45.7 Å². The van der Waals surface area contributed by atoms with Gasteiger partial charge in [-0.15, -0.1) is 0 Å². The number of carbonyl (C=O) groups is 1. The van der Waals surface area contributed by atoms with Crippen molar-refractivity contribution in [2.75, 3.05) is 6.61 Å². The van der Waals surface area contributed by atoms with E-state index in [0.29, 0.717) is 11.6 Å². The molecule has 0 aliphatic heterocycles. The van der Waals surface area contributed by atoms with Crippen LogP contribution in [0.25, 0.3) is 4.48 Å². The fourth-order valence-electron chi connectivity index (χ4n) is 1.39. The van der Waals surface area contributed by atoms with Gasteiger partial charge in [0.2, 0.25) is 0 Å². The molecule has 0 heterocycles. The summed E-state index contributed by atoms with van der Waals surface area (Å²) in [7, 11) is 0. The van der Waals surface area contributed by atoms with Crippen molar-refractivity contribution < 1.29 is 9.53 Å². The molecule has 1 aromatic rings. The summed E-state index contributed by atoms with van der Waals surface area (Å²) in [6.45, 7) is 5.82. The first-order valence-corrected chi connectivity index (χ1v) is 6.85. The third-order valence-corrected chi connectivity index (χ3v) is 3.35. The number of halogens is 2. The normalized spacial score (nSPS) is 12.4. The second-order valence-corrected chi connectivity index (χ2v) is 5.73. The maximum Gasteiger partial charge on any atom is 0.315 e. The first-order chi connectivity index (χ1) is 8.36. The SMILES string of the molecule is CCOC(=O)C(C)(C)/C=C(/Br)c1ccc(Cl)cc1. The molecule has 0 fully saturated rings. The lowest BCUT2D eigenvalue weighted by Crippen LogP contribution is -2.24. The fourth-order valence-corrected chi connectivity index (χ4v) is 2.35. The summed E-state index contributed by atoms with van der Waals surface area (Å²) >= 11 is 9.31. The second-order valence-electron chi connectivity index (χ2n) is 4.44. The summed E-state index contributed by atoms with van der Waals surface area (Å²) in [5.41, 5.74) is 0.297. The number of hydrogen-bond donors (Lipinski definition) is 0. The maximum atomic E-state index is 11.8. The quantitative estimate of drug-likeness (QED) is 0.750. The van der Waals surface area contributed by atoms with E-state index in [1.165, 1.54) is 0 Å². The lowest BCUT2D eigenvalue weighted by atomic mass is 9.92. The highest BCUT2D eigenvalue weighted by Gasteiger charge is 2.27. The van der Waals surface area contributed by atoms with Gasteiger partial charge in [0.25, 0.3) is 0 Å². The molecule has 0 N–H and O–H groups in total. The zero-order chi connectivity index (χ0) is 13.8. The van der Waals surface area contributed by atoms with Crippen LogP contribution in [0.3, 0.4) is 0 Å². The highest BCUT2D eigenvalue weighted by Crippen LogP contribution is 2.30. The molecule has 18 heavy (non-hydrogen) atoms. The Kier molecular flexibility index (Phi) is 5.42. The van der Waals surface area contributed by atoms with Crippen molar-refractivity contribution in [2.24, 2.45) is 5.41 Å². The van der Waals surface area contributed by atoms with Crippen LogP contribution in [0.1, 0.15) is 26.3 Å². The number of esters is 1. The van der Waals surface area contributed by atoms with Crippen LogP contribution in [0.4, 0.5) is 0 Å². The van der Waals surface area contributed by atoms with Gasteiger partial charge in [-0.05, 0) is 38.5 Å². The third-order valence-electron chi connectivity index (χ3n) is 2.41. The van der Waals surface area contributed by atoms with E-state index in [0.717, 1.165) is 10.0 Å². The molecule has 0 spiro atoms. The van der Waals surface area contributed by atoms with Crippen LogP contribution >= 0.6 is 27.5 Å². The summed E-state index contributed by atoms with van der Waals surface area (Å²) in [5.74, 6) is -0.240.